The molecule has 0 rings (SSSR count). The first-order valence-electron chi connectivity index (χ1n) is 2.94. The monoisotopic (exact) mass is 250 g/mol. The molecule has 0 aromatic carbocycles. The van der Waals surface area contributed by atoms with Crippen LogP contribution < -0.4 is 10.2 Å². The van der Waals surface area contributed by atoms with Gasteiger partial charge >= 0.3 is 49.6 Å². The van der Waals surface area contributed by atoms with Gasteiger partial charge in [0.15, 0.2) is 6.17 Å². The van der Waals surface area contributed by atoms with Crippen molar-refractivity contribution in [2.24, 2.45) is 0 Å². The van der Waals surface area contributed by atoms with Crippen molar-refractivity contribution in [3.05, 3.63) is 0 Å². The molecule has 0 aliphatic heterocycles. The van der Waals surface area contributed by atoms with Crippen molar-refractivity contribution in [2.75, 3.05) is 0 Å². The summed E-state index contributed by atoms with van der Waals surface area (Å²) in [6, 6.07) is -5.96. The quantitative estimate of drug-likeness (QED) is 0.388. The zero-order chi connectivity index (χ0) is 11.1. The third kappa shape index (κ3) is 2.88. The van der Waals surface area contributed by atoms with Crippen LogP contribution in [0.3, 0.4) is 0 Å². The Morgan fingerprint density at radius 3 is 1.36 bits per heavy atom. The van der Waals surface area contributed by atoms with E-state index in [0.29, 0.717) is 0 Å². The van der Waals surface area contributed by atoms with Crippen molar-refractivity contribution in [1.82, 2.24) is 0 Å². The van der Waals surface area contributed by atoms with Gasteiger partial charge < -0.3 is 10.2 Å². The Hall–Kier alpha value is 0.760. The Balaban J connectivity index is 0. The van der Waals surface area contributed by atoms with Crippen LogP contribution in [-0.4, -0.2) is 61.8 Å². The molecule has 0 fully saturated rings. The van der Waals surface area contributed by atoms with Gasteiger partial charge in [-0.3, -0.25) is 4.39 Å². The summed E-state index contributed by atoms with van der Waals surface area (Å²) < 4.78 is 71.4. The van der Waals surface area contributed by atoms with Crippen molar-refractivity contribution in [1.29, 1.82) is 0 Å². The van der Waals surface area contributed by atoms with Gasteiger partial charge in [-0.1, -0.05) is 0 Å². The second-order valence-corrected chi connectivity index (χ2v) is 2.35. The molecule has 0 N–H and O–H groups in total. The maximum atomic E-state index is 12.1. The van der Waals surface area contributed by atoms with Gasteiger partial charge in [-0.25, -0.2) is 4.39 Å². The zero-order valence-corrected chi connectivity index (χ0v) is 9.08. The minimum Gasteiger partial charge on any atom is -0.834 e. The molecule has 0 radical (unpaired) electrons. The molecule has 0 saturated carbocycles. The van der Waals surface area contributed by atoms with E-state index in [1.54, 1.807) is 0 Å². The van der Waals surface area contributed by atoms with Gasteiger partial charge in [-0.2, -0.15) is 17.6 Å². The largest absolute Gasteiger partial charge is 2.00 e. The predicted octanol–water partition coefficient (Wildman–Crippen LogP) is -0.422. The van der Waals surface area contributed by atoms with E-state index in [-0.39, 0.29) is 44.7 Å². The van der Waals surface area contributed by atoms with Crippen LogP contribution in [0.2, 0.25) is 0 Å². The Labute approximate surface area is 105 Å². The van der Waals surface area contributed by atoms with Crippen LogP contribution in [0.4, 0.5) is 26.3 Å². The Morgan fingerprint density at radius 2 is 1.29 bits per heavy atom. The zero-order valence-electron chi connectivity index (χ0n) is 6.87. The summed E-state index contributed by atoms with van der Waals surface area (Å²) in [7, 11) is 0. The van der Waals surface area contributed by atoms with Crippen LogP contribution in [0.5, 0.6) is 0 Å². The van der Waals surface area contributed by atoms with E-state index in [9.17, 15) is 36.6 Å². The number of alkyl halides is 6. The van der Waals surface area contributed by atoms with Gasteiger partial charge in [0.05, 0.1) is 0 Å². The average molecular weight is 250 g/mol. The molecule has 1 unspecified atom stereocenters. The fourth-order valence-electron chi connectivity index (χ4n) is 0.449. The molecule has 0 aromatic rings. The fraction of sp³-hybridized carbons (Fsp3) is 1.00. The van der Waals surface area contributed by atoms with Gasteiger partial charge in [0.1, 0.15) is 0 Å². The van der Waals surface area contributed by atoms with E-state index in [4.69, 9.17) is 0 Å². The third-order valence-electron chi connectivity index (χ3n) is 1.29. The van der Waals surface area contributed by atoms with Gasteiger partial charge in [0, 0.05) is 6.04 Å². The maximum absolute atomic E-state index is 12.1. The first kappa shape index (κ1) is 17.2. The third-order valence-corrected chi connectivity index (χ3v) is 1.29. The van der Waals surface area contributed by atoms with Crippen LogP contribution in [0, 0.1) is 0 Å². The van der Waals surface area contributed by atoms with Gasteiger partial charge in [-0.15, -0.1) is 0 Å². The summed E-state index contributed by atoms with van der Waals surface area (Å²) >= 11 is 0. The molecular weight excluding hydrogens is 246 g/mol. The van der Waals surface area contributed by atoms with E-state index < -0.39 is 24.1 Å². The summed E-state index contributed by atoms with van der Waals surface area (Å²) in [4.78, 5) is 0. The minimum absolute atomic E-state index is 0. The summed E-state index contributed by atoms with van der Waals surface area (Å²) in [5, 5.41) is 18.9. The molecule has 0 aliphatic rings. The van der Waals surface area contributed by atoms with Crippen molar-refractivity contribution in [3.63, 3.8) is 0 Å². The molecule has 0 bridgehead atoms. The summed E-state index contributed by atoms with van der Waals surface area (Å²) in [5.74, 6) is -11.8. The molecule has 0 aliphatic carbocycles. The standard InChI is InChI=1S/C5H4F6O2.Ca/c1-2(6)3(7,8)4(9,10)5(11,12)13;/h2H,1H3;/q-2;+2. The van der Waals surface area contributed by atoms with E-state index in [2.05, 4.69) is 0 Å². The molecule has 80 valence electrons. The summed E-state index contributed by atoms with van der Waals surface area (Å²) in [6.07, 6.45) is -3.50. The van der Waals surface area contributed by atoms with Crippen molar-refractivity contribution >= 4 is 37.7 Å². The van der Waals surface area contributed by atoms with Crippen molar-refractivity contribution < 1.29 is 36.6 Å². The van der Waals surface area contributed by atoms with Crippen LogP contribution in [0.1, 0.15) is 6.92 Å². The molecule has 0 aromatic heterocycles. The van der Waals surface area contributed by atoms with Gasteiger partial charge in [0.2, 0.25) is 0 Å². The first-order chi connectivity index (χ1) is 5.44. The van der Waals surface area contributed by atoms with E-state index in [1.165, 1.54) is 0 Å². The second kappa shape index (κ2) is 4.73. The predicted molar refractivity (Wildman–Crippen MR) is 30.1 cm³/mol. The molecular formula is C5H4CaF6O2. The van der Waals surface area contributed by atoms with Crippen molar-refractivity contribution in [3.8, 4) is 0 Å². The molecule has 0 heterocycles. The Bertz CT molecular complexity index is 189. The van der Waals surface area contributed by atoms with E-state index >= 15 is 0 Å². The maximum Gasteiger partial charge on any atom is 2.00 e. The smallest absolute Gasteiger partial charge is 0.834 e. The van der Waals surface area contributed by atoms with Crippen LogP contribution in [0.25, 0.3) is 0 Å². The van der Waals surface area contributed by atoms with Crippen molar-refractivity contribution in [2.45, 2.75) is 31.0 Å². The average Bonchev–Trinajstić information content (AvgIpc) is 1.84. The first-order valence-corrected chi connectivity index (χ1v) is 2.94. The molecule has 1 atom stereocenters. The summed E-state index contributed by atoms with van der Waals surface area (Å²) in [6.45, 7) is -0.0142. The number of halogens is 6. The van der Waals surface area contributed by atoms with Crippen LogP contribution in [0.15, 0.2) is 0 Å². The molecule has 0 spiro atoms. The van der Waals surface area contributed by atoms with Gasteiger partial charge in [0.25, 0.3) is 0 Å². The molecule has 9 heteroatoms. The second-order valence-electron chi connectivity index (χ2n) is 2.35. The number of rotatable bonds is 3. The van der Waals surface area contributed by atoms with Crippen LogP contribution >= 0.6 is 0 Å². The molecule has 2 nitrogen and oxygen atoms in total. The topological polar surface area (TPSA) is 46.1 Å². The van der Waals surface area contributed by atoms with E-state index in [1.807, 2.05) is 0 Å². The molecule has 14 heavy (non-hydrogen) atoms. The van der Waals surface area contributed by atoms with E-state index in [0.717, 1.165) is 0 Å². The molecule has 0 saturated heterocycles. The van der Waals surface area contributed by atoms with Crippen LogP contribution in [-0.2, 0) is 0 Å². The normalized spacial score (nSPS) is 16.1. The minimum atomic E-state index is -6.13. The number of hydrogen-bond donors (Lipinski definition) is 0. The molecule has 0 amide bonds. The summed E-state index contributed by atoms with van der Waals surface area (Å²) in [5.41, 5.74) is 0. The Kier molecular flexibility index (Phi) is 5.80. The Morgan fingerprint density at radius 1 is 1.00 bits per heavy atom. The fourth-order valence-corrected chi connectivity index (χ4v) is 0.449. The number of hydrogen-bond acceptors (Lipinski definition) is 2. The van der Waals surface area contributed by atoms with Gasteiger partial charge in [-0.05, 0) is 6.92 Å². The SMILES string of the molecule is CC(F)C(F)(F)C(F)(F)C([O-])([O-])F.[Ca+2].